The maximum absolute atomic E-state index is 12.6. The molecule has 1 saturated heterocycles. The molecule has 8 N–H and O–H groups in total. The van der Waals surface area contributed by atoms with Crippen LogP contribution in [0, 0.1) is 12.0 Å². The summed E-state index contributed by atoms with van der Waals surface area (Å²) in [6.07, 6.45) is 5.91. The molecule has 1 aliphatic rings. The minimum absolute atomic E-state index is 0.100. The Balaban J connectivity index is 1.91. The van der Waals surface area contributed by atoms with E-state index in [4.69, 9.17) is 17.2 Å². The number of benzene rings is 1. The maximum atomic E-state index is 12.6. The smallest absolute Gasteiger partial charge is 0.224 e. The maximum Gasteiger partial charge on any atom is 0.224 e. The monoisotopic (exact) mass is 509 g/mol. The molecule has 0 saturated carbocycles. The first-order chi connectivity index (χ1) is 17.7. The fourth-order valence-electron chi connectivity index (χ4n) is 3.79. The number of anilines is 1. The number of nitrogens with zero attached hydrogens (tertiary/aromatic N) is 4. The molecule has 0 aliphatic carbocycles. The molecule has 1 aliphatic heterocycles. The summed E-state index contributed by atoms with van der Waals surface area (Å²) >= 11 is 0. The van der Waals surface area contributed by atoms with Gasteiger partial charge in [0.2, 0.25) is 5.91 Å². The van der Waals surface area contributed by atoms with Crippen LogP contribution in [0.1, 0.15) is 45.6 Å². The van der Waals surface area contributed by atoms with Gasteiger partial charge < -0.3 is 37.6 Å². The van der Waals surface area contributed by atoms with Crippen LogP contribution in [0.3, 0.4) is 0 Å². The van der Waals surface area contributed by atoms with Gasteiger partial charge in [-0.2, -0.15) is 0 Å². The fourth-order valence-corrected chi connectivity index (χ4v) is 3.79. The van der Waals surface area contributed by atoms with Crippen molar-refractivity contribution in [2.24, 2.45) is 27.2 Å². The lowest BCUT2D eigenvalue weighted by molar-refractivity contribution is -0.133. The number of rotatable bonds is 13. The zero-order valence-corrected chi connectivity index (χ0v) is 22.5. The summed E-state index contributed by atoms with van der Waals surface area (Å²) in [6.45, 7) is 10.6. The predicted molar refractivity (Wildman–Crippen MR) is 153 cm³/mol. The van der Waals surface area contributed by atoms with Crippen LogP contribution in [0.2, 0.25) is 0 Å². The third kappa shape index (κ3) is 12.3. The molecule has 1 amide bonds. The van der Waals surface area contributed by atoms with E-state index in [1.165, 1.54) is 5.56 Å². The molecule has 2 rings (SSSR count). The van der Waals surface area contributed by atoms with Crippen LogP contribution in [0.4, 0.5) is 5.69 Å². The van der Waals surface area contributed by atoms with E-state index in [0.29, 0.717) is 39.1 Å². The first kappa shape index (κ1) is 29.7. The van der Waals surface area contributed by atoms with E-state index in [-0.39, 0.29) is 11.9 Å². The fraction of sp³-hybridized carbons (Fsp3) is 0.519. The average Bonchev–Trinajstić information content (AvgIpc) is 2.85. The topological polar surface area (TPSA) is 150 Å². The molecule has 0 aromatic heterocycles. The summed E-state index contributed by atoms with van der Waals surface area (Å²) in [5.41, 5.74) is 18.4. The van der Waals surface area contributed by atoms with Crippen molar-refractivity contribution in [1.29, 1.82) is 0 Å². The second-order valence-corrected chi connectivity index (χ2v) is 9.74. The second-order valence-electron chi connectivity index (χ2n) is 9.74. The summed E-state index contributed by atoms with van der Waals surface area (Å²) in [7, 11) is 0. The molecule has 202 valence electrons. The minimum atomic E-state index is -0.506. The van der Waals surface area contributed by atoms with Gasteiger partial charge in [0.25, 0.3) is 0 Å². The van der Waals surface area contributed by atoms with E-state index < -0.39 is 5.54 Å². The Hall–Kier alpha value is -3.55. The summed E-state index contributed by atoms with van der Waals surface area (Å²) in [4.78, 5) is 24.8. The summed E-state index contributed by atoms with van der Waals surface area (Å²) in [5.74, 6) is 3.92. The van der Waals surface area contributed by atoms with Crippen molar-refractivity contribution < 1.29 is 4.79 Å². The van der Waals surface area contributed by atoms with Gasteiger partial charge in [0.05, 0.1) is 0 Å². The van der Waals surface area contributed by atoms with Crippen molar-refractivity contribution in [3.63, 3.8) is 0 Å². The molecule has 1 heterocycles. The van der Waals surface area contributed by atoms with E-state index >= 15 is 0 Å². The molecule has 1 fully saturated rings. The highest BCUT2D eigenvalue weighted by Gasteiger charge is 2.25. The van der Waals surface area contributed by atoms with Gasteiger partial charge in [0, 0.05) is 69.2 Å². The van der Waals surface area contributed by atoms with Gasteiger partial charge in [-0.15, -0.1) is 0 Å². The first-order valence-electron chi connectivity index (χ1n) is 12.8. The highest BCUT2D eigenvalue weighted by atomic mass is 16.2. The molecule has 0 bridgehead atoms. The van der Waals surface area contributed by atoms with Crippen LogP contribution in [-0.2, 0) is 11.3 Å². The zero-order chi connectivity index (χ0) is 27.1. The first-order valence-corrected chi connectivity index (χ1v) is 12.8. The van der Waals surface area contributed by atoms with E-state index in [0.717, 1.165) is 37.4 Å². The predicted octanol–water partition coefficient (Wildman–Crippen LogP) is 1.41. The van der Waals surface area contributed by atoms with Gasteiger partial charge in [0.1, 0.15) is 5.82 Å². The number of hydrogen-bond acceptors (Lipinski definition) is 7. The zero-order valence-electron chi connectivity index (χ0n) is 22.5. The molecule has 0 atom stereocenters. The van der Waals surface area contributed by atoms with E-state index in [2.05, 4.69) is 61.7 Å². The van der Waals surface area contributed by atoms with Crippen LogP contribution in [-0.4, -0.2) is 72.7 Å². The van der Waals surface area contributed by atoms with Crippen molar-refractivity contribution in [1.82, 2.24) is 15.1 Å². The lowest BCUT2D eigenvalue weighted by Gasteiger charge is -2.38. The van der Waals surface area contributed by atoms with Crippen molar-refractivity contribution in [2.75, 3.05) is 44.6 Å². The number of nitrogens with two attached hydrogens (primary N) is 3. The summed E-state index contributed by atoms with van der Waals surface area (Å²) in [5, 5.41) is 6.95. The lowest BCUT2D eigenvalue weighted by Crippen LogP contribution is -2.51. The normalized spacial score (nSPS) is 14.3. The van der Waals surface area contributed by atoms with Crippen LogP contribution >= 0.6 is 0 Å². The minimum Gasteiger partial charge on any atom is -0.370 e. The largest absolute Gasteiger partial charge is 0.370 e. The van der Waals surface area contributed by atoms with Crippen LogP contribution in [0.5, 0.6) is 0 Å². The van der Waals surface area contributed by atoms with Gasteiger partial charge >= 0.3 is 0 Å². The highest BCUT2D eigenvalue weighted by molar-refractivity contribution is 5.77. The Morgan fingerprint density at radius 3 is 2.41 bits per heavy atom. The molecule has 1 aromatic carbocycles. The number of nitrogens with one attached hydrogen (secondary N) is 2. The molecule has 0 radical (unpaired) electrons. The molecule has 10 heteroatoms. The molecule has 0 spiro atoms. The van der Waals surface area contributed by atoms with Crippen LogP contribution < -0.4 is 27.8 Å². The van der Waals surface area contributed by atoms with Gasteiger partial charge in [-0.25, -0.2) is 4.99 Å². The number of amides is 1. The van der Waals surface area contributed by atoms with Crippen molar-refractivity contribution >= 4 is 23.8 Å². The molecular formula is C27H43N9O. The number of hydrogen-bond donors (Lipinski definition) is 5. The number of aliphatic imine (C=N–C) groups is 2. The molecule has 10 nitrogen and oxygen atoms in total. The summed E-state index contributed by atoms with van der Waals surface area (Å²) in [6, 6.07) is 11.0. The van der Waals surface area contributed by atoms with Crippen molar-refractivity contribution in [3.8, 4) is 12.0 Å². The van der Waals surface area contributed by atoms with E-state index in [9.17, 15) is 4.79 Å². The van der Waals surface area contributed by atoms with Crippen molar-refractivity contribution in [2.45, 2.75) is 52.1 Å². The number of piperazine rings is 1. The standard InChI is InChI=1S/C27H43N9O/c1-4-12-31-15-11-24(35-16-18-36(19-17-35)25(37)20-27(2,3)30)34-23-9-7-22(8-10-23)21-32-13-5-6-14-33-26(28)29/h7-11,15,32,34H,5-6,13-14,16-21,30H2,1-3H3,(H4,28,29,33)/b24-11+,31-15?. The second kappa shape index (κ2) is 15.5. The molecule has 37 heavy (non-hydrogen) atoms. The molecular weight excluding hydrogens is 466 g/mol. The molecule has 1 aromatic rings. The Morgan fingerprint density at radius 1 is 1.11 bits per heavy atom. The van der Waals surface area contributed by atoms with Crippen LogP contribution in [0.15, 0.2) is 46.1 Å². The van der Waals surface area contributed by atoms with Gasteiger partial charge in [-0.3, -0.25) is 9.79 Å². The average molecular weight is 510 g/mol. The van der Waals surface area contributed by atoms with Crippen LogP contribution in [0.25, 0.3) is 0 Å². The number of guanidine groups is 1. The lowest BCUT2D eigenvalue weighted by atomic mass is 10.0. The SMILES string of the molecule is CC#CN=C/C=C(\Nc1ccc(CNCCCCN=C(N)N)cc1)N1CCN(C(=O)CC(C)(C)N)CC1. The van der Waals surface area contributed by atoms with Crippen molar-refractivity contribution in [3.05, 3.63) is 41.7 Å². The Morgan fingerprint density at radius 2 is 1.78 bits per heavy atom. The third-order valence-electron chi connectivity index (χ3n) is 5.67. The molecule has 0 unspecified atom stereocenters. The summed E-state index contributed by atoms with van der Waals surface area (Å²) < 4.78 is 0. The highest BCUT2D eigenvalue weighted by Crippen LogP contribution is 2.17. The van der Waals surface area contributed by atoms with E-state index in [1.54, 1.807) is 13.1 Å². The van der Waals surface area contributed by atoms with E-state index in [1.807, 2.05) is 24.8 Å². The number of carbonyl (C=O) groups excluding carboxylic acids is 1. The Kier molecular flexibility index (Phi) is 12.5. The Bertz CT molecular complexity index is 985. The quantitative estimate of drug-likeness (QED) is 0.117. The van der Waals surface area contributed by atoms with Gasteiger partial charge in [-0.1, -0.05) is 18.1 Å². The third-order valence-corrected chi connectivity index (χ3v) is 5.67. The number of carbonyl (C=O) groups is 1. The van der Waals surface area contributed by atoms with Gasteiger partial charge in [-0.05, 0) is 63.9 Å². The number of unbranched alkanes of at least 4 members (excludes halogenated alkanes) is 1. The Labute approximate surface area is 221 Å². The van der Waals surface area contributed by atoms with Gasteiger partial charge in [0.15, 0.2) is 5.96 Å². The number of allylic oxidation sites excluding steroid dienone is 1.